The fraction of sp³-hybridized carbons (Fsp3) is 1.00. The van der Waals surface area contributed by atoms with E-state index in [9.17, 15) is 0 Å². The van der Waals surface area contributed by atoms with Gasteiger partial charge in [0, 0.05) is 25.7 Å². The molecule has 90 valence electrons. The number of hydrogen-bond donors (Lipinski definition) is 1. The number of hydrogen-bond acceptors (Lipinski definition) is 3. The van der Waals surface area contributed by atoms with Gasteiger partial charge < -0.3 is 10.5 Å². The third-order valence-electron chi connectivity index (χ3n) is 3.80. The zero-order valence-corrected chi connectivity index (χ0v) is 10.4. The maximum Gasteiger partial charge on any atom is 0.0630 e. The first-order chi connectivity index (χ1) is 7.20. The average molecular weight is 214 g/mol. The van der Waals surface area contributed by atoms with Crippen molar-refractivity contribution >= 4 is 0 Å². The number of likely N-dealkylation sites (N-methyl/N-ethyl adjacent to an activating group) is 1. The summed E-state index contributed by atoms with van der Waals surface area (Å²) in [7, 11) is 3.95. The van der Waals surface area contributed by atoms with Gasteiger partial charge in [-0.05, 0) is 25.8 Å². The van der Waals surface area contributed by atoms with Crippen molar-refractivity contribution in [2.75, 3.05) is 27.3 Å². The molecule has 0 saturated heterocycles. The van der Waals surface area contributed by atoms with Crippen molar-refractivity contribution in [3.63, 3.8) is 0 Å². The molecule has 3 atom stereocenters. The van der Waals surface area contributed by atoms with Crippen LogP contribution in [0.4, 0.5) is 0 Å². The molecule has 0 bridgehead atoms. The molecule has 0 aromatic heterocycles. The van der Waals surface area contributed by atoms with Crippen LogP contribution in [0.5, 0.6) is 0 Å². The van der Waals surface area contributed by atoms with Gasteiger partial charge in [-0.2, -0.15) is 0 Å². The molecular formula is C12H26N2O. The quantitative estimate of drug-likeness (QED) is 0.753. The largest absolute Gasteiger partial charge is 0.383 e. The molecule has 0 heterocycles. The Hall–Kier alpha value is -0.120. The Balaban J connectivity index is 2.51. The predicted molar refractivity (Wildman–Crippen MR) is 63.9 cm³/mol. The van der Waals surface area contributed by atoms with Crippen molar-refractivity contribution in [3.05, 3.63) is 0 Å². The van der Waals surface area contributed by atoms with Crippen LogP contribution in [0.3, 0.4) is 0 Å². The van der Waals surface area contributed by atoms with Crippen molar-refractivity contribution in [1.82, 2.24) is 4.90 Å². The summed E-state index contributed by atoms with van der Waals surface area (Å²) < 4.78 is 5.22. The van der Waals surface area contributed by atoms with Crippen LogP contribution in [0.2, 0.25) is 0 Å². The predicted octanol–water partition coefficient (Wildman–Crippen LogP) is 1.47. The lowest BCUT2D eigenvalue weighted by Crippen LogP contribution is -2.49. The maximum absolute atomic E-state index is 5.79. The van der Waals surface area contributed by atoms with Gasteiger partial charge in [-0.25, -0.2) is 0 Å². The Labute approximate surface area is 94.0 Å². The summed E-state index contributed by atoms with van der Waals surface area (Å²) in [6, 6.07) is 1.07. The van der Waals surface area contributed by atoms with Crippen LogP contribution in [0, 0.1) is 5.92 Å². The highest BCUT2D eigenvalue weighted by atomic mass is 16.5. The Kier molecular flexibility index (Phi) is 5.58. The number of rotatable bonds is 5. The molecule has 15 heavy (non-hydrogen) atoms. The fourth-order valence-electron chi connectivity index (χ4n) is 2.72. The Morgan fingerprint density at radius 3 is 2.60 bits per heavy atom. The smallest absolute Gasteiger partial charge is 0.0630 e. The topological polar surface area (TPSA) is 38.5 Å². The highest BCUT2D eigenvalue weighted by Gasteiger charge is 2.28. The van der Waals surface area contributed by atoms with E-state index in [-0.39, 0.29) is 0 Å². The van der Waals surface area contributed by atoms with Crippen molar-refractivity contribution in [1.29, 1.82) is 0 Å². The van der Waals surface area contributed by atoms with Gasteiger partial charge in [0.15, 0.2) is 0 Å². The first kappa shape index (κ1) is 12.9. The van der Waals surface area contributed by atoms with Gasteiger partial charge in [0.05, 0.1) is 6.61 Å². The summed E-state index contributed by atoms with van der Waals surface area (Å²) >= 11 is 0. The minimum absolute atomic E-state index is 0.376. The molecule has 2 N–H and O–H groups in total. The normalized spacial score (nSPS) is 29.4. The van der Waals surface area contributed by atoms with Crippen LogP contribution < -0.4 is 5.73 Å². The Morgan fingerprint density at radius 2 is 2.07 bits per heavy atom. The number of methoxy groups -OCH3 is 1. The van der Waals surface area contributed by atoms with Crippen molar-refractivity contribution in [3.8, 4) is 0 Å². The molecule has 0 radical (unpaired) electrons. The summed E-state index contributed by atoms with van der Waals surface area (Å²) in [4.78, 5) is 2.44. The van der Waals surface area contributed by atoms with E-state index in [1.54, 1.807) is 7.11 Å². The third kappa shape index (κ3) is 3.44. The lowest BCUT2D eigenvalue weighted by molar-refractivity contribution is 0.0503. The Morgan fingerprint density at radius 1 is 1.40 bits per heavy atom. The van der Waals surface area contributed by atoms with Crippen LogP contribution in [0.1, 0.15) is 32.6 Å². The highest BCUT2D eigenvalue weighted by Crippen LogP contribution is 2.28. The standard InChI is InChI=1S/C12H26N2O/c1-10-6-4-5-7-12(10)14(2)11(8-13)9-15-3/h10-12H,4-9,13H2,1-3H3. The van der Waals surface area contributed by atoms with Crippen molar-refractivity contribution < 1.29 is 4.74 Å². The molecule has 1 fully saturated rings. The van der Waals surface area contributed by atoms with Gasteiger partial charge in [-0.1, -0.05) is 19.8 Å². The van der Waals surface area contributed by atoms with Crippen LogP contribution in [0.25, 0.3) is 0 Å². The zero-order chi connectivity index (χ0) is 11.3. The van der Waals surface area contributed by atoms with E-state index in [1.807, 2.05) is 0 Å². The molecule has 1 aliphatic carbocycles. The third-order valence-corrected chi connectivity index (χ3v) is 3.80. The van der Waals surface area contributed by atoms with Gasteiger partial charge in [-0.3, -0.25) is 4.90 Å². The minimum atomic E-state index is 0.376. The maximum atomic E-state index is 5.79. The van der Waals surface area contributed by atoms with Crippen LogP contribution >= 0.6 is 0 Å². The molecule has 1 rings (SSSR count). The summed E-state index contributed by atoms with van der Waals surface area (Å²) in [5, 5.41) is 0. The van der Waals surface area contributed by atoms with Gasteiger partial charge in [-0.15, -0.1) is 0 Å². The number of nitrogens with zero attached hydrogens (tertiary/aromatic N) is 1. The van der Waals surface area contributed by atoms with Crippen LogP contribution in [-0.4, -0.2) is 44.3 Å². The monoisotopic (exact) mass is 214 g/mol. The van der Waals surface area contributed by atoms with Crippen molar-refractivity contribution in [2.24, 2.45) is 11.7 Å². The molecule has 3 nitrogen and oxygen atoms in total. The van der Waals surface area contributed by atoms with E-state index in [0.717, 1.165) is 12.5 Å². The SMILES string of the molecule is COCC(CN)N(C)C1CCCCC1C. The lowest BCUT2D eigenvalue weighted by Gasteiger charge is -2.40. The second kappa shape index (κ2) is 6.46. The van der Waals surface area contributed by atoms with Crippen LogP contribution in [-0.2, 0) is 4.74 Å². The van der Waals surface area contributed by atoms with E-state index in [4.69, 9.17) is 10.5 Å². The van der Waals surface area contributed by atoms with Crippen molar-refractivity contribution in [2.45, 2.75) is 44.7 Å². The van der Waals surface area contributed by atoms with E-state index in [1.165, 1.54) is 25.7 Å². The van der Waals surface area contributed by atoms with Gasteiger partial charge in [0.1, 0.15) is 0 Å². The molecule has 1 saturated carbocycles. The Bertz CT molecular complexity index is 175. The lowest BCUT2D eigenvalue weighted by atomic mass is 9.84. The first-order valence-corrected chi connectivity index (χ1v) is 6.11. The average Bonchev–Trinajstić information content (AvgIpc) is 2.25. The molecule has 3 heteroatoms. The summed E-state index contributed by atoms with van der Waals surface area (Å²) in [6.45, 7) is 3.80. The molecule has 1 aliphatic rings. The van der Waals surface area contributed by atoms with Gasteiger partial charge >= 0.3 is 0 Å². The summed E-state index contributed by atoms with van der Waals surface area (Å²) in [5.74, 6) is 0.801. The molecule has 0 aromatic carbocycles. The van der Waals surface area contributed by atoms with Gasteiger partial charge in [0.25, 0.3) is 0 Å². The zero-order valence-electron chi connectivity index (χ0n) is 10.4. The molecule has 0 aliphatic heterocycles. The minimum Gasteiger partial charge on any atom is -0.383 e. The summed E-state index contributed by atoms with van der Waals surface area (Å²) in [5.41, 5.74) is 5.79. The van der Waals surface area contributed by atoms with E-state index < -0.39 is 0 Å². The van der Waals surface area contributed by atoms with E-state index >= 15 is 0 Å². The fourth-order valence-corrected chi connectivity index (χ4v) is 2.72. The molecule has 0 aromatic rings. The molecular weight excluding hydrogens is 188 g/mol. The second-order valence-electron chi connectivity index (χ2n) is 4.84. The summed E-state index contributed by atoms with van der Waals surface area (Å²) in [6.07, 6.45) is 5.43. The first-order valence-electron chi connectivity index (χ1n) is 6.11. The highest BCUT2D eigenvalue weighted by molar-refractivity contribution is 4.83. The molecule has 0 spiro atoms. The molecule has 3 unspecified atom stereocenters. The van der Waals surface area contributed by atoms with E-state index in [0.29, 0.717) is 18.6 Å². The number of ether oxygens (including phenoxy) is 1. The second-order valence-corrected chi connectivity index (χ2v) is 4.84. The van der Waals surface area contributed by atoms with Gasteiger partial charge in [0.2, 0.25) is 0 Å². The number of nitrogens with two attached hydrogens (primary N) is 1. The van der Waals surface area contributed by atoms with Crippen LogP contribution in [0.15, 0.2) is 0 Å². The van der Waals surface area contributed by atoms with E-state index in [2.05, 4.69) is 18.9 Å². The molecule has 0 amide bonds.